The van der Waals surface area contributed by atoms with E-state index in [-0.39, 0.29) is 13.2 Å². The van der Waals surface area contributed by atoms with Crippen LogP contribution < -0.4 is 0 Å². The molecule has 19 heavy (non-hydrogen) atoms. The summed E-state index contributed by atoms with van der Waals surface area (Å²) in [6, 6.07) is 5.67. The maximum Gasteiger partial charge on any atom is 0.409 e. The zero-order valence-electron chi connectivity index (χ0n) is 10.9. The fourth-order valence-electron chi connectivity index (χ4n) is 1.77. The molecule has 2 rings (SSSR count). The summed E-state index contributed by atoms with van der Waals surface area (Å²) in [5, 5.41) is 9.50. The van der Waals surface area contributed by atoms with E-state index in [2.05, 4.69) is 4.98 Å². The fourth-order valence-corrected chi connectivity index (χ4v) is 1.77. The summed E-state index contributed by atoms with van der Waals surface area (Å²) in [7, 11) is 1.66. The van der Waals surface area contributed by atoms with Crippen molar-refractivity contribution in [1.29, 1.82) is 0 Å². The third-order valence-electron chi connectivity index (χ3n) is 2.99. The van der Waals surface area contributed by atoms with Crippen molar-refractivity contribution in [1.82, 2.24) is 9.88 Å². The van der Waals surface area contributed by atoms with Crippen molar-refractivity contribution in [3.63, 3.8) is 0 Å². The predicted octanol–water partition coefficient (Wildman–Crippen LogP) is 0.452. The lowest BCUT2D eigenvalue weighted by Crippen LogP contribution is -2.37. The molecule has 1 aromatic rings. The monoisotopic (exact) mass is 266 g/mol. The van der Waals surface area contributed by atoms with Gasteiger partial charge in [0.2, 0.25) is 0 Å². The Labute approximate surface area is 112 Å². The number of carbonyl (C=O) groups excluding carboxylic acids is 1. The molecule has 0 spiro atoms. The molecule has 6 nitrogen and oxygen atoms in total. The number of rotatable bonds is 4. The van der Waals surface area contributed by atoms with Crippen LogP contribution in [0.1, 0.15) is 5.69 Å². The van der Waals surface area contributed by atoms with E-state index in [0.29, 0.717) is 13.0 Å². The Morgan fingerprint density at radius 1 is 1.58 bits per heavy atom. The van der Waals surface area contributed by atoms with Crippen LogP contribution in [0.25, 0.3) is 0 Å². The molecule has 1 fully saturated rings. The van der Waals surface area contributed by atoms with Gasteiger partial charge in [0.25, 0.3) is 0 Å². The van der Waals surface area contributed by atoms with E-state index in [1.54, 1.807) is 13.2 Å². The van der Waals surface area contributed by atoms with Crippen LogP contribution in [0.3, 0.4) is 0 Å². The highest BCUT2D eigenvalue weighted by molar-refractivity contribution is 5.67. The second kappa shape index (κ2) is 6.49. The molecular weight excluding hydrogens is 248 g/mol. The van der Waals surface area contributed by atoms with Crippen molar-refractivity contribution in [2.24, 2.45) is 0 Å². The van der Waals surface area contributed by atoms with Crippen LogP contribution in [-0.2, 0) is 15.9 Å². The molecular formula is C13H18N2O4. The molecule has 1 aliphatic heterocycles. The van der Waals surface area contributed by atoms with Crippen LogP contribution in [0, 0.1) is 0 Å². The smallest absolute Gasteiger partial charge is 0.409 e. The zero-order chi connectivity index (χ0) is 13.7. The molecule has 1 amide bonds. The van der Waals surface area contributed by atoms with E-state index in [4.69, 9.17) is 9.47 Å². The molecule has 0 unspecified atom stereocenters. The van der Waals surface area contributed by atoms with Gasteiger partial charge in [0.15, 0.2) is 6.10 Å². The summed E-state index contributed by atoms with van der Waals surface area (Å²) in [6.45, 7) is 0.982. The van der Waals surface area contributed by atoms with Crippen molar-refractivity contribution >= 4 is 6.09 Å². The average molecular weight is 266 g/mol. The van der Waals surface area contributed by atoms with E-state index in [0.717, 1.165) is 5.69 Å². The molecule has 0 aliphatic carbocycles. The van der Waals surface area contributed by atoms with Gasteiger partial charge in [-0.15, -0.1) is 0 Å². The molecule has 1 N–H and O–H groups in total. The summed E-state index contributed by atoms with van der Waals surface area (Å²) in [6.07, 6.45) is 0.638. The van der Waals surface area contributed by atoms with Gasteiger partial charge in [0.1, 0.15) is 6.10 Å². The van der Waals surface area contributed by atoms with Crippen LogP contribution in [0.4, 0.5) is 4.79 Å². The second-order valence-corrected chi connectivity index (χ2v) is 4.52. The first kappa shape index (κ1) is 13.8. The molecule has 0 saturated carbocycles. The van der Waals surface area contributed by atoms with Gasteiger partial charge in [-0.3, -0.25) is 4.98 Å². The van der Waals surface area contributed by atoms with Gasteiger partial charge in [0, 0.05) is 31.9 Å². The third kappa shape index (κ3) is 3.90. The Kier molecular flexibility index (Phi) is 4.70. The summed E-state index contributed by atoms with van der Waals surface area (Å²) < 4.78 is 10.2. The highest BCUT2D eigenvalue weighted by atomic mass is 16.6. The number of aliphatic hydroxyl groups is 1. The number of amides is 1. The highest BCUT2D eigenvalue weighted by Gasteiger charge is 2.30. The Morgan fingerprint density at radius 3 is 3.05 bits per heavy atom. The maximum atomic E-state index is 11.8. The van der Waals surface area contributed by atoms with Crippen LogP contribution in [0.2, 0.25) is 0 Å². The normalized spacial score (nSPS) is 22.2. The summed E-state index contributed by atoms with van der Waals surface area (Å²) in [4.78, 5) is 17.4. The highest BCUT2D eigenvalue weighted by Crippen LogP contribution is 2.11. The first-order valence-corrected chi connectivity index (χ1v) is 6.24. The van der Waals surface area contributed by atoms with Crippen molar-refractivity contribution in [3.8, 4) is 0 Å². The maximum absolute atomic E-state index is 11.8. The van der Waals surface area contributed by atoms with E-state index in [1.807, 2.05) is 18.2 Å². The number of likely N-dealkylation sites (N-methyl/N-ethyl adjacent to an activating group) is 1. The molecule has 2 atom stereocenters. The van der Waals surface area contributed by atoms with Crippen LogP contribution in [-0.4, -0.2) is 60.1 Å². The Bertz CT molecular complexity index is 412. The van der Waals surface area contributed by atoms with E-state index >= 15 is 0 Å². The molecule has 104 valence electrons. The quantitative estimate of drug-likeness (QED) is 0.856. The lowest BCUT2D eigenvalue weighted by molar-refractivity contribution is 0.0172. The Balaban J connectivity index is 1.76. The van der Waals surface area contributed by atoms with Gasteiger partial charge in [-0.1, -0.05) is 6.07 Å². The van der Waals surface area contributed by atoms with Crippen LogP contribution in [0.5, 0.6) is 0 Å². The number of ether oxygens (including phenoxy) is 2. The van der Waals surface area contributed by atoms with Gasteiger partial charge in [0.05, 0.1) is 13.2 Å². The number of aliphatic hydroxyl groups excluding tert-OH is 1. The van der Waals surface area contributed by atoms with E-state index in [1.165, 1.54) is 4.90 Å². The number of pyridine rings is 1. The minimum Gasteiger partial charge on any atom is -0.441 e. The van der Waals surface area contributed by atoms with Crippen LogP contribution in [0.15, 0.2) is 24.4 Å². The van der Waals surface area contributed by atoms with Gasteiger partial charge in [-0.2, -0.15) is 0 Å². The summed E-state index contributed by atoms with van der Waals surface area (Å²) in [5.41, 5.74) is 0.923. The predicted molar refractivity (Wildman–Crippen MR) is 67.7 cm³/mol. The Hall–Kier alpha value is -1.66. The fraction of sp³-hybridized carbons (Fsp3) is 0.538. The van der Waals surface area contributed by atoms with Gasteiger partial charge >= 0.3 is 6.09 Å². The SMILES string of the molecule is CN(CCc1ccccn1)C(=O)O[C@H]1COC[C@H]1O. The van der Waals surface area contributed by atoms with Crippen molar-refractivity contribution in [3.05, 3.63) is 30.1 Å². The van der Waals surface area contributed by atoms with Crippen LogP contribution >= 0.6 is 0 Å². The number of aromatic nitrogens is 1. The first-order chi connectivity index (χ1) is 9.16. The molecule has 0 aromatic carbocycles. The molecule has 6 heteroatoms. The number of hydrogen-bond donors (Lipinski definition) is 1. The van der Waals surface area contributed by atoms with Gasteiger partial charge < -0.3 is 19.5 Å². The molecule has 1 saturated heterocycles. The first-order valence-electron chi connectivity index (χ1n) is 6.24. The van der Waals surface area contributed by atoms with Gasteiger partial charge in [-0.25, -0.2) is 4.79 Å². The molecule has 1 aromatic heterocycles. The van der Waals surface area contributed by atoms with Crippen molar-refractivity contribution in [2.75, 3.05) is 26.8 Å². The lowest BCUT2D eigenvalue weighted by Gasteiger charge is -2.20. The molecule has 0 radical (unpaired) electrons. The second-order valence-electron chi connectivity index (χ2n) is 4.52. The number of nitrogens with zero attached hydrogens (tertiary/aromatic N) is 2. The standard InChI is InChI=1S/C13H18N2O4/c1-15(7-5-10-4-2-3-6-14-10)13(17)19-12-9-18-8-11(12)16/h2-4,6,11-12,16H,5,7-9H2,1H3/t11-,12+/m1/s1. The summed E-state index contributed by atoms with van der Waals surface area (Å²) >= 11 is 0. The van der Waals surface area contributed by atoms with Crippen molar-refractivity contribution < 1.29 is 19.4 Å². The largest absolute Gasteiger partial charge is 0.441 e. The minimum absolute atomic E-state index is 0.218. The number of carbonyl (C=O) groups is 1. The topological polar surface area (TPSA) is 71.9 Å². The molecule has 1 aliphatic rings. The molecule has 2 heterocycles. The Morgan fingerprint density at radius 2 is 2.42 bits per heavy atom. The number of hydrogen-bond acceptors (Lipinski definition) is 5. The van der Waals surface area contributed by atoms with Crippen molar-refractivity contribution in [2.45, 2.75) is 18.6 Å². The van der Waals surface area contributed by atoms with Gasteiger partial charge in [-0.05, 0) is 12.1 Å². The lowest BCUT2D eigenvalue weighted by atomic mass is 10.2. The average Bonchev–Trinajstić information content (AvgIpc) is 2.82. The van der Waals surface area contributed by atoms with E-state index < -0.39 is 18.3 Å². The summed E-state index contributed by atoms with van der Waals surface area (Å²) in [5.74, 6) is 0. The van der Waals surface area contributed by atoms with E-state index in [9.17, 15) is 9.90 Å². The third-order valence-corrected chi connectivity index (χ3v) is 2.99. The zero-order valence-corrected chi connectivity index (χ0v) is 10.9. The minimum atomic E-state index is -0.729. The molecule has 0 bridgehead atoms.